The van der Waals surface area contributed by atoms with Gasteiger partial charge in [0.2, 0.25) is 11.8 Å². The number of carbonyl (C=O) groups is 2. The molecule has 0 unspecified atom stereocenters. The molecule has 1 fully saturated rings. The number of alkyl halides is 3. The average molecular weight is 684 g/mol. The number of hydrogen-bond donors (Lipinski definition) is 2. The fourth-order valence-electron chi connectivity index (χ4n) is 5.94. The Bertz CT molecular complexity index is 1710. The van der Waals surface area contributed by atoms with Crippen LogP contribution in [0.2, 0.25) is 0 Å². The predicted molar refractivity (Wildman–Crippen MR) is 171 cm³/mol. The first-order valence-electron chi connectivity index (χ1n) is 15.8. The van der Waals surface area contributed by atoms with Crippen LogP contribution in [-0.4, -0.2) is 78.2 Å². The van der Waals surface area contributed by atoms with Gasteiger partial charge in [-0.05, 0) is 49.1 Å². The summed E-state index contributed by atoms with van der Waals surface area (Å²) in [5.74, 6) is -0.488. The van der Waals surface area contributed by atoms with Gasteiger partial charge in [0.05, 0.1) is 79.1 Å². The second-order valence-electron chi connectivity index (χ2n) is 11.6. The van der Waals surface area contributed by atoms with Crippen LogP contribution >= 0.6 is 0 Å². The highest BCUT2D eigenvalue weighted by Gasteiger charge is 2.38. The number of anilines is 3. The Morgan fingerprint density at radius 2 is 1.94 bits per heavy atom. The highest BCUT2D eigenvalue weighted by Crippen LogP contribution is 2.40. The van der Waals surface area contributed by atoms with Crippen LogP contribution in [0.15, 0.2) is 36.5 Å². The lowest BCUT2D eigenvalue weighted by molar-refractivity contribution is -0.138. The van der Waals surface area contributed by atoms with Gasteiger partial charge in [-0.25, -0.2) is 19.7 Å². The van der Waals surface area contributed by atoms with E-state index in [0.29, 0.717) is 67.8 Å². The number of rotatable bonds is 11. The van der Waals surface area contributed by atoms with E-state index >= 15 is 0 Å². The van der Waals surface area contributed by atoms with Crippen LogP contribution in [0.5, 0.6) is 5.88 Å². The first-order valence-corrected chi connectivity index (χ1v) is 15.8. The number of carbonyl (C=O) groups excluding carboxylic acids is 1. The van der Waals surface area contributed by atoms with Gasteiger partial charge in [-0.2, -0.15) is 18.4 Å². The standard InChI is InChI=1S/C33H36F3N7O6/c1-3-23-17-25(30-26(6-7-28(41-30)47-2)43(23)32(46)49-10-4-5-29(44)45)40-31-38-19-27(42-8-11-48-12-9-42)24(39-31)16-20-13-21(18-37)15-22(14-20)33(34,35)36/h6-7,13-15,19,23,25H,3-5,8-12,16-17H2,1-2H3,(H,44,45)(H,38,39,40)/t23-,25+/m1/s1. The molecule has 0 aliphatic carbocycles. The molecule has 2 aromatic heterocycles. The van der Waals surface area contributed by atoms with Crippen molar-refractivity contribution in [2.24, 2.45) is 0 Å². The van der Waals surface area contributed by atoms with Crippen LogP contribution in [0.4, 0.5) is 35.3 Å². The van der Waals surface area contributed by atoms with E-state index in [1.165, 1.54) is 18.1 Å². The first kappa shape index (κ1) is 35.1. The lowest BCUT2D eigenvalue weighted by Crippen LogP contribution is -2.46. The lowest BCUT2D eigenvalue weighted by atomic mass is 9.93. The number of aliphatic carboxylic acids is 1. The number of amides is 1. The Morgan fingerprint density at radius 3 is 2.61 bits per heavy atom. The quantitative estimate of drug-likeness (QED) is 0.250. The summed E-state index contributed by atoms with van der Waals surface area (Å²) in [6.45, 7) is 3.86. The van der Waals surface area contributed by atoms with Crippen LogP contribution in [0.3, 0.4) is 0 Å². The summed E-state index contributed by atoms with van der Waals surface area (Å²) in [6.07, 6.45) is -2.69. The molecule has 1 saturated heterocycles. The van der Waals surface area contributed by atoms with Crippen molar-refractivity contribution >= 4 is 29.4 Å². The molecule has 2 atom stereocenters. The topological polar surface area (TPSA) is 163 Å². The minimum absolute atomic E-state index is 0.00506. The molecule has 0 saturated carbocycles. The number of benzene rings is 1. The van der Waals surface area contributed by atoms with Gasteiger partial charge >= 0.3 is 18.2 Å². The molecule has 260 valence electrons. The molecular formula is C33H36F3N7O6. The van der Waals surface area contributed by atoms with E-state index in [1.54, 1.807) is 18.3 Å². The third-order valence-electron chi connectivity index (χ3n) is 8.30. The molecule has 3 aromatic rings. The number of fused-ring (bicyclic) bond motifs is 1. The Hall–Kier alpha value is -5.17. The summed E-state index contributed by atoms with van der Waals surface area (Å²) in [5, 5.41) is 21.7. The van der Waals surface area contributed by atoms with Crippen molar-refractivity contribution in [1.29, 1.82) is 5.26 Å². The molecule has 16 heteroatoms. The van der Waals surface area contributed by atoms with E-state index in [0.717, 1.165) is 12.1 Å². The van der Waals surface area contributed by atoms with E-state index < -0.39 is 29.8 Å². The van der Waals surface area contributed by atoms with Crippen molar-refractivity contribution in [3.8, 4) is 11.9 Å². The summed E-state index contributed by atoms with van der Waals surface area (Å²) < 4.78 is 57.4. The number of halogens is 3. The molecule has 0 bridgehead atoms. The van der Waals surface area contributed by atoms with E-state index in [9.17, 15) is 28.0 Å². The van der Waals surface area contributed by atoms with Crippen molar-refractivity contribution < 1.29 is 42.1 Å². The molecule has 49 heavy (non-hydrogen) atoms. The summed E-state index contributed by atoms with van der Waals surface area (Å²) in [6, 6.07) is 7.55. The minimum atomic E-state index is -4.63. The number of carboxylic acid groups (broad SMARTS) is 1. The highest BCUT2D eigenvalue weighted by atomic mass is 19.4. The minimum Gasteiger partial charge on any atom is -0.481 e. The molecule has 4 heterocycles. The maximum Gasteiger partial charge on any atom is 0.416 e. The number of carboxylic acids is 1. The Labute approximate surface area is 280 Å². The van der Waals surface area contributed by atoms with Crippen molar-refractivity contribution in [2.45, 2.75) is 57.3 Å². The van der Waals surface area contributed by atoms with Gasteiger partial charge in [-0.15, -0.1) is 0 Å². The Morgan fingerprint density at radius 1 is 1.16 bits per heavy atom. The number of ether oxygens (including phenoxy) is 3. The third kappa shape index (κ3) is 8.47. The zero-order valence-corrected chi connectivity index (χ0v) is 27.0. The van der Waals surface area contributed by atoms with E-state index in [1.807, 2.05) is 17.9 Å². The zero-order valence-electron chi connectivity index (χ0n) is 27.0. The van der Waals surface area contributed by atoms with E-state index in [-0.39, 0.29) is 49.0 Å². The fourth-order valence-corrected chi connectivity index (χ4v) is 5.94. The molecule has 1 aromatic carbocycles. The molecule has 0 radical (unpaired) electrons. The number of pyridine rings is 1. The number of methoxy groups -OCH3 is 1. The van der Waals surface area contributed by atoms with Crippen LogP contribution in [0, 0.1) is 11.3 Å². The number of hydrogen-bond acceptors (Lipinski definition) is 11. The normalized spacial score (nSPS) is 17.6. The lowest BCUT2D eigenvalue weighted by Gasteiger charge is -2.39. The molecule has 0 spiro atoms. The van der Waals surface area contributed by atoms with Gasteiger partial charge in [0.15, 0.2) is 0 Å². The Kier molecular flexibility index (Phi) is 11.0. The number of nitrogens with zero attached hydrogens (tertiary/aromatic N) is 6. The van der Waals surface area contributed by atoms with E-state index in [4.69, 9.17) is 24.3 Å². The first-order chi connectivity index (χ1) is 23.5. The Balaban J connectivity index is 1.48. The van der Waals surface area contributed by atoms with Crippen molar-refractivity contribution in [3.63, 3.8) is 0 Å². The third-order valence-corrected chi connectivity index (χ3v) is 8.30. The maximum absolute atomic E-state index is 13.7. The number of nitrogens with one attached hydrogen (secondary N) is 1. The van der Waals surface area contributed by atoms with Gasteiger partial charge in [0.25, 0.3) is 0 Å². The zero-order chi connectivity index (χ0) is 35.1. The van der Waals surface area contributed by atoms with Gasteiger partial charge in [0, 0.05) is 38.0 Å². The molecule has 2 N–H and O–H groups in total. The number of nitriles is 1. The molecule has 2 aliphatic heterocycles. The summed E-state index contributed by atoms with van der Waals surface area (Å²) >= 11 is 0. The summed E-state index contributed by atoms with van der Waals surface area (Å²) in [4.78, 5) is 41.7. The number of aromatic nitrogens is 3. The molecule has 5 rings (SSSR count). The summed E-state index contributed by atoms with van der Waals surface area (Å²) in [7, 11) is 1.47. The van der Waals surface area contributed by atoms with Crippen molar-refractivity contribution in [1.82, 2.24) is 15.0 Å². The van der Waals surface area contributed by atoms with Gasteiger partial charge in [-0.3, -0.25) is 9.69 Å². The molecular weight excluding hydrogens is 647 g/mol. The largest absolute Gasteiger partial charge is 0.481 e. The summed E-state index contributed by atoms with van der Waals surface area (Å²) in [5.41, 5.74) is 1.26. The second kappa shape index (κ2) is 15.4. The van der Waals surface area contributed by atoms with Crippen LogP contribution < -0.4 is 19.9 Å². The van der Waals surface area contributed by atoms with Crippen LogP contribution in [0.25, 0.3) is 0 Å². The average Bonchev–Trinajstić information content (AvgIpc) is 3.09. The fraction of sp³-hybridized carbons (Fsp3) is 0.455. The highest BCUT2D eigenvalue weighted by molar-refractivity contribution is 5.90. The van der Waals surface area contributed by atoms with Crippen molar-refractivity contribution in [2.75, 3.05) is 55.1 Å². The van der Waals surface area contributed by atoms with Crippen LogP contribution in [0.1, 0.15) is 66.7 Å². The molecule has 1 amide bonds. The van der Waals surface area contributed by atoms with Gasteiger partial charge < -0.3 is 29.5 Å². The van der Waals surface area contributed by atoms with Gasteiger partial charge in [-0.1, -0.05) is 6.92 Å². The van der Waals surface area contributed by atoms with Crippen molar-refractivity contribution in [3.05, 3.63) is 64.6 Å². The predicted octanol–water partition coefficient (Wildman–Crippen LogP) is 5.34. The smallest absolute Gasteiger partial charge is 0.416 e. The maximum atomic E-state index is 13.7. The SMILES string of the molecule is CC[C@@H]1C[C@H](Nc2ncc(N3CCOCC3)c(Cc3cc(C#N)cc(C(F)(F)F)c3)n2)c2nc(OC)ccc2N1C(=O)OCCCC(=O)O. The number of morpholine rings is 1. The molecule has 2 aliphatic rings. The van der Waals surface area contributed by atoms with E-state index in [2.05, 4.69) is 15.3 Å². The second-order valence-corrected chi connectivity index (χ2v) is 11.6. The van der Waals surface area contributed by atoms with Crippen LogP contribution in [-0.2, 0) is 26.9 Å². The monoisotopic (exact) mass is 683 g/mol. The van der Waals surface area contributed by atoms with Gasteiger partial charge in [0.1, 0.15) is 0 Å². The molecule has 13 nitrogen and oxygen atoms in total.